The number of nitrogens with zero attached hydrogens (tertiary/aromatic N) is 2. The summed E-state index contributed by atoms with van der Waals surface area (Å²) >= 11 is 0. The third-order valence-corrected chi connectivity index (χ3v) is 4.44. The molecular formula is C24H26N2O. The Morgan fingerprint density at radius 2 is 1.30 bits per heavy atom. The molecule has 0 aliphatic heterocycles. The van der Waals surface area contributed by atoms with E-state index in [4.69, 9.17) is 9.84 Å². The molecule has 0 saturated heterocycles. The van der Waals surface area contributed by atoms with E-state index in [0.29, 0.717) is 0 Å². The highest BCUT2D eigenvalue weighted by Gasteiger charge is 2.08. The van der Waals surface area contributed by atoms with Crippen LogP contribution in [0.5, 0.6) is 5.75 Å². The Bertz CT molecular complexity index is 801. The lowest BCUT2D eigenvalue weighted by Crippen LogP contribution is -2.19. The molecule has 0 aromatic heterocycles. The van der Waals surface area contributed by atoms with Gasteiger partial charge in [-0.1, -0.05) is 67.6 Å². The molecule has 0 heterocycles. The van der Waals surface area contributed by atoms with Crippen LogP contribution < -0.4 is 4.74 Å². The van der Waals surface area contributed by atoms with E-state index in [1.807, 2.05) is 24.3 Å². The summed E-state index contributed by atoms with van der Waals surface area (Å²) in [6.07, 6.45) is 0.867. The minimum Gasteiger partial charge on any atom is -0.497 e. The standard InChI is InChI=1S/C24H26N2O/c1-3-24(22-14-16-23(27-2)17-15-22)25-26(18-20-10-6-4-7-11-20)19-21-12-8-5-9-13-21/h4-17H,3,18-19H2,1-2H3/b25-24+. The van der Waals surface area contributed by atoms with Gasteiger partial charge < -0.3 is 4.74 Å². The van der Waals surface area contributed by atoms with Gasteiger partial charge in [-0.2, -0.15) is 5.10 Å². The molecule has 138 valence electrons. The first-order valence-corrected chi connectivity index (χ1v) is 9.33. The van der Waals surface area contributed by atoms with Gasteiger partial charge in [0, 0.05) is 0 Å². The topological polar surface area (TPSA) is 24.8 Å². The van der Waals surface area contributed by atoms with Crippen molar-refractivity contribution in [3.05, 3.63) is 102 Å². The molecule has 3 rings (SSSR count). The van der Waals surface area contributed by atoms with Crippen LogP contribution in [0.3, 0.4) is 0 Å². The van der Waals surface area contributed by atoms with Gasteiger partial charge in [-0.25, -0.2) is 0 Å². The number of ether oxygens (including phenoxy) is 1. The molecule has 0 bridgehead atoms. The number of hydrogen-bond acceptors (Lipinski definition) is 3. The van der Waals surface area contributed by atoms with Crippen LogP contribution in [-0.2, 0) is 13.1 Å². The fourth-order valence-electron chi connectivity index (χ4n) is 3.00. The lowest BCUT2D eigenvalue weighted by Gasteiger charge is -2.21. The van der Waals surface area contributed by atoms with E-state index < -0.39 is 0 Å². The Hall–Kier alpha value is -3.07. The molecule has 0 aliphatic carbocycles. The summed E-state index contributed by atoms with van der Waals surface area (Å²) in [5.74, 6) is 0.861. The smallest absolute Gasteiger partial charge is 0.118 e. The Morgan fingerprint density at radius 3 is 1.74 bits per heavy atom. The molecule has 3 aromatic carbocycles. The minimum absolute atomic E-state index is 0.773. The molecule has 0 fully saturated rings. The van der Waals surface area contributed by atoms with Gasteiger partial charge in [0.1, 0.15) is 5.75 Å². The second-order valence-corrected chi connectivity index (χ2v) is 6.42. The van der Waals surface area contributed by atoms with Gasteiger partial charge >= 0.3 is 0 Å². The summed E-state index contributed by atoms with van der Waals surface area (Å²) in [4.78, 5) is 0. The largest absolute Gasteiger partial charge is 0.497 e. The highest BCUT2D eigenvalue weighted by atomic mass is 16.5. The van der Waals surface area contributed by atoms with Crippen LogP contribution >= 0.6 is 0 Å². The molecule has 0 unspecified atom stereocenters. The molecule has 0 saturated carbocycles. The lowest BCUT2D eigenvalue weighted by atomic mass is 10.1. The Morgan fingerprint density at radius 1 is 0.778 bits per heavy atom. The van der Waals surface area contributed by atoms with E-state index in [1.165, 1.54) is 11.1 Å². The molecule has 0 spiro atoms. The van der Waals surface area contributed by atoms with Crippen LogP contribution in [0.4, 0.5) is 0 Å². The fraction of sp³-hybridized carbons (Fsp3) is 0.208. The van der Waals surface area contributed by atoms with Gasteiger partial charge in [-0.05, 0) is 47.4 Å². The zero-order valence-corrected chi connectivity index (χ0v) is 16.0. The maximum Gasteiger partial charge on any atom is 0.118 e. The normalized spacial score (nSPS) is 11.3. The molecule has 0 N–H and O–H groups in total. The van der Waals surface area contributed by atoms with Gasteiger partial charge in [-0.3, -0.25) is 5.01 Å². The molecule has 3 aromatic rings. The monoisotopic (exact) mass is 358 g/mol. The van der Waals surface area contributed by atoms with Crippen molar-refractivity contribution >= 4 is 5.71 Å². The van der Waals surface area contributed by atoms with Gasteiger partial charge in [0.15, 0.2) is 0 Å². The second kappa shape index (κ2) is 9.58. The van der Waals surface area contributed by atoms with E-state index >= 15 is 0 Å². The first-order chi connectivity index (χ1) is 13.3. The number of hydrogen-bond donors (Lipinski definition) is 0. The maximum atomic E-state index is 5.27. The van der Waals surface area contributed by atoms with Gasteiger partial charge in [0.05, 0.1) is 25.9 Å². The quantitative estimate of drug-likeness (QED) is 0.392. The van der Waals surface area contributed by atoms with Crippen molar-refractivity contribution in [1.29, 1.82) is 0 Å². The maximum absolute atomic E-state index is 5.27. The van der Waals surface area contributed by atoms with Crippen LogP contribution in [0, 0.1) is 0 Å². The number of rotatable bonds is 8. The molecule has 0 amide bonds. The summed E-state index contributed by atoms with van der Waals surface area (Å²) in [7, 11) is 1.69. The van der Waals surface area contributed by atoms with Crippen molar-refractivity contribution in [2.75, 3.05) is 7.11 Å². The lowest BCUT2D eigenvalue weighted by molar-refractivity contribution is 0.270. The molecule has 0 radical (unpaired) electrons. The summed E-state index contributed by atoms with van der Waals surface area (Å²) in [6.45, 7) is 3.69. The number of methoxy groups -OCH3 is 1. The molecule has 0 aliphatic rings. The number of benzene rings is 3. The fourth-order valence-corrected chi connectivity index (χ4v) is 3.00. The number of hydrazone groups is 1. The first kappa shape index (κ1) is 18.7. The SMILES string of the molecule is CC/C(=N\N(Cc1ccccc1)Cc1ccccc1)c1ccc(OC)cc1. The van der Waals surface area contributed by atoms with Crippen molar-refractivity contribution in [3.8, 4) is 5.75 Å². The highest BCUT2D eigenvalue weighted by molar-refractivity contribution is 6.00. The summed E-state index contributed by atoms with van der Waals surface area (Å²) in [5, 5.41) is 7.17. The summed E-state index contributed by atoms with van der Waals surface area (Å²) in [6, 6.07) is 29.1. The van der Waals surface area contributed by atoms with Crippen molar-refractivity contribution in [2.45, 2.75) is 26.4 Å². The van der Waals surface area contributed by atoms with E-state index in [2.05, 4.69) is 72.6 Å². The predicted molar refractivity (Wildman–Crippen MR) is 112 cm³/mol. The molecule has 3 heteroatoms. The summed E-state index contributed by atoms with van der Waals surface area (Å²) < 4.78 is 5.27. The average Bonchev–Trinajstić information content (AvgIpc) is 2.73. The van der Waals surface area contributed by atoms with E-state index in [-0.39, 0.29) is 0 Å². The van der Waals surface area contributed by atoms with E-state index in [9.17, 15) is 0 Å². The van der Waals surface area contributed by atoms with Crippen molar-refractivity contribution < 1.29 is 4.74 Å². The van der Waals surface area contributed by atoms with Crippen molar-refractivity contribution in [1.82, 2.24) is 5.01 Å². The molecule has 27 heavy (non-hydrogen) atoms. The molecule has 0 atom stereocenters. The van der Waals surface area contributed by atoms with Crippen LogP contribution in [0.2, 0.25) is 0 Å². The molecule has 3 nitrogen and oxygen atoms in total. The van der Waals surface area contributed by atoms with E-state index in [1.54, 1.807) is 7.11 Å². The summed E-state index contributed by atoms with van der Waals surface area (Å²) in [5.41, 5.74) is 4.71. The zero-order chi connectivity index (χ0) is 18.9. The third kappa shape index (κ3) is 5.45. The Kier molecular flexibility index (Phi) is 6.64. The highest BCUT2D eigenvalue weighted by Crippen LogP contribution is 2.16. The van der Waals surface area contributed by atoms with Crippen LogP contribution in [0.1, 0.15) is 30.0 Å². The van der Waals surface area contributed by atoms with Crippen LogP contribution in [0.25, 0.3) is 0 Å². The van der Waals surface area contributed by atoms with Gasteiger partial charge in [0.2, 0.25) is 0 Å². The Balaban J connectivity index is 1.87. The zero-order valence-electron chi connectivity index (χ0n) is 16.0. The third-order valence-electron chi connectivity index (χ3n) is 4.44. The van der Waals surface area contributed by atoms with Crippen molar-refractivity contribution in [3.63, 3.8) is 0 Å². The van der Waals surface area contributed by atoms with E-state index in [0.717, 1.165) is 36.5 Å². The molecular weight excluding hydrogens is 332 g/mol. The predicted octanol–water partition coefficient (Wildman–Crippen LogP) is 5.51. The van der Waals surface area contributed by atoms with Gasteiger partial charge in [-0.15, -0.1) is 0 Å². The minimum atomic E-state index is 0.773. The van der Waals surface area contributed by atoms with Crippen molar-refractivity contribution in [2.24, 2.45) is 5.10 Å². The van der Waals surface area contributed by atoms with Crippen LogP contribution in [0.15, 0.2) is 90.0 Å². The second-order valence-electron chi connectivity index (χ2n) is 6.42. The van der Waals surface area contributed by atoms with Gasteiger partial charge in [0.25, 0.3) is 0 Å². The average molecular weight is 358 g/mol. The first-order valence-electron chi connectivity index (χ1n) is 9.33. The Labute approximate surface area is 161 Å². The van der Waals surface area contributed by atoms with Crippen LogP contribution in [-0.4, -0.2) is 17.8 Å².